The van der Waals surface area contributed by atoms with E-state index < -0.39 is 18.3 Å². The normalized spacial score (nSPS) is 27.7. The van der Waals surface area contributed by atoms with Crippen LogP contribution in [0.2, 0.25) is 0 Å². The van der Waals surface area contributed by atoms with Crippen molar-refractivity contribution < 1.29 is 15.3 Å². The van der Waals surface area contributed by atoms with Gasteiger partial charge in [-0.15, -0.1) is 11.3 Å². The second-order valence-electron chi connectivity index (χ2n) is 7.46. The Morgan fingerprint density at radius 1 is 1.23 bits per heavy atom. The van der Waals surface area contributed by atoms with Crippen LogP contribution in [0.5, 0.6) is 0 Å². The van der Waals surface area contributed by atoms with Gasteiger partial charge >= 0.3 is 0 Å². The smallest absolute Gasteiger partial charge is 0.0724 e. The van der Waals surface area contributed by atoms with Crippen molar-refractivity contribution in [3.63, 3.8) is 0 Å². The molecule has 3 N–H and O–H groups in total. The number of allylic oxidation sites excluding steroid dienone is 2. The molecule has 3 nitrogen and oxygen atoms in total. The van der Waals surface area contributed by atoms with Crippen LogP contribution in [-0.4, -0.2) is 33.6 Å². The minimum absolute atomic E-state index is 0.0336. The Bertz CT molecular complexity index is 578. The summed E-state index contributed by atoms with van der Waals surface area (Å²) in [6.07, 6.45) is 12.7. The number of aliphatic hydroxyl groups is 3. The van der Waals surface area contributed by atoms with Crippen molar-refractivity contribution in [1.29, 1.82) is 0 Å². The molecule has 0 spiro atoms. The highest BCUT2D eigenvalue weighted by molar-refractivity contribution is 7.11. The zero-order valence-electron chi connectivity index (χ0n) is 16.1. The van der Waals surface area contributed by atoms with Gasteiger partial charge in [0, 0.05) is 22.1 Å². The molecular weight excluding hydrogens is 344 g/mol. The highest BCUT2D eigenvalue weighted by atomic mass is 32.1. The summed E-state index contributed by atoms with van der Waals surface area (Å²) >= 11 is 1.77. The van der Waals surface area contributed by atoms with Crippen LogP contribution in [0, 0.1) is 18.8 Å². The Kier molecular flexibility index (Phi) is 9.06. The Balaban J connectivity index is 1.84. The van der Waals surface area contributed by atoms with Crippen LogP contribution in [0.25, 0.3) is 0 Å². The van der Waals surface area contributed by atoms with E-state index >= 15 is 0 Å². The third-order valence-corrected chi connectivity index (χ3v) is 6.31. The van der Waals surface area contributed by atoms with Crippen LogP contribution in [0.15, 0.2) is 36.4 Å². The van der Waals surface area contributed by atoms with Crippen LogP contribution in [0.3, 0.4) is 0 Å². The SMILES string of the molecule is CCCC/C=C\C[C@@H]1[C@@H](/C=C/[C@@H](O)CCc2ccc(C)s2)[C@H](O)C[C@@H]1O. The quantitative estimate of drug-likeness (QED) is 0.418. The van der Waals surface area contributed by atoms with Gasteiger partial charge in [-0.3, -0.25) is 0 Å². The molecule has 2 rings (SSSR count). The number of hydrogen-bond donors (Lipinski definition) is 3. The van der Waals surface area contributed by atoms with E-state index in [1.165, 1.54) is 22.6 Å². The zero-order chi connectivity index (χ0) is 18.9. The molecule has 0 radical (unpaired) electrons. The van der Waals surface area contributed by atoms with Crippen molar-refractivity contribution in [2.75, 3.05) is 0 Å². The van der Waals surface area contributed by atoms with Crippen LogP contribution < -0.4 is 0 Å². The zero-order valence-corrected chi connectivity index (χ0v) is 16.9. The molecule has 0 unspecified atom stereocenters. The summed E-state index contributed by atoms with van der Waals surface area (Å²) in [5, 5.41) is 30.8. The molecule has 4 heteroatoms. The van der Waals surface area contributed by atoms with E-state index in [-0.39, 0.29) is 11.8 Å². The summed E-state index contributed by atoms with van der Waals surface area (Å²) in [6.45, 7) is 4.27. The van der Waals surface area contributed by atoms with Crippen molar-refractivity contribution in [1.82, 2.24) is 0 Å². The van der Waals surface area contributed by atoms with Gasteiger partial charge in [0.15, 0.2) is 0 Å². The van der Waals surface area contributed by atoms with Gasteiger partial charge in [-0.25, -0.2) is 0 Å². The number of aryl methyl sites for hydroxylation is 2. The third kappa shape index (κ3) is 6.66. The summed E-state index contributed by atoms with van der Waals surface area (Å²) in [4.78, 5) is 2.59. The Labute approximate surface area is 162 Å². The van der Waals surface area contributed by atoms with E-state index in [0.717, 1.165) is 19.3 Å². The predicted octanol–water partition coefficient (Wildman–Crippen LogP) is 4.40. The summed E-state index contributed by atoms with van der Waals surface area (Å²) in [5.74, 6) is -0.0503. The van der Waals surface area contributed by atoms with E-state index in [1.807, 2.05) is 6.08 Å². The average molecular weight is 379 g/mol. The Hall–Kier alpha value is -0.940. The molecule has 5 atom stereocenters. The van der Waals surface area contributed by atoms with Gasteiger partial charge in [0.2, 0.25) is 0 Å². The van der Waals surface area contributed by atoms with Crippen molar-refractivity contribution in [3.05, 3.63) is 46.2 Å². The monoisotopic (exact) mass is 378 g/mol. The van der Waals surface area contributed by atoms with Gasteiger partial charge in [0.05, 0.1) is 18.3 Å². The first-order valence-electron chi connectivity index (χ1n) is 9.94. The molecule has 0 saturated heterocycles. The molecular formula is C22H34O3S. The number of thiophene rings is 1. The lowest BCUT2D eigenvalue weighted by molar-refractivity contribution is 0.120. The van der Waals surface area contributed by atoms with E-state index in [0.29, 0.717) is 12.8 Å². The van der Waals surface area contributed by atoms with Crippen molar-refractivity contribution >= 4 is 11.3 Å². The summed E-state index contributed by atoms with van der Waals surface area (Å²) in [7, 11) is 0. The van der Waals surface area contributed by atoms with E-state index in [9.17, 15) is 15.3 Å². The molecule has 1 saturated carbocycles. The van der Waals surface area contributed by atoms with Gasteiger partial charge in [0.25, 0.3) is 0 Å². The maximum atomic E-state index is 10.3. The minimum Gasteiger partial charge on any atom is -0.393 e. The molecule has 1 fully saturated rings. The fourth-order valence-corrected chi connectivity index (χ4v) is 4.57. The van der Waals surface area contributed by atoms with E-state index in [1.54, 1.807) is 17.4 Å². The largest absolute Gasteiger partial charge is 0.393 e. The molecule has 1 heterocycles. The lowest BCUT2D eigenvalue weighted by atomic mass is 9.89. The van der Waals surface area contributed by atoms with Crippen LogP contribution in [-0.2, 0) is 6.42 Å². The molecule has 0 bridgehead atoms. The van der Waals surface area contributed by atoms with Gasteiger partial charge in [-0.05, 0) is 50.7 Å². The van der Waals surface area contributed by atoms with E-state index in [2.05, 4.69) is 38.1 Å². The van der Waals surface area contributed by atoms with Gasteiger partial charge in [-0.2, -0.15) is 0 Å². The highest BCUT2D eigenvalue weighted by Crippen LogP contribution is 2.36. The minimum atomic E-state index is -0.526. The standard InChI is InChI=1S/C22H34O3S/c1-3-4-5-6-7-8-19-20(22(25)15-21(19)24)14-11-17(23)10-13-18-12-9-16(2)26-18/h6-7,9,11-12,14,17,19-25H,3-5,8,10,13,15H2,1-2H3/b7-6-,14-11+/t17-,19+,20+,21-,22+/m0/s1. The molecule has 0 amide bonds. The number of rotatable bonds is 10. The van der Waals surface area contributed by atoms with Crippen molar-refractivity contribution in [3.8, 4) is 0 Å². The molecule has 1 aromatic rings. The molecule has 0 aromatic carbocycles. The second-order valence-corrected chi connectivity index (χ2v) is 8.84. The summed E-state index contributed by atoms with van der Waals surface area (Å²) in [6, 6.07) is 4.23. The fraction of sp³-hybridized carbons (Fsp3) is 0.636. The van der Waals surface area contributed by atoms with Gasteiger partial charge in [0.1, 0.15) is 0 Å². The lowest BCUT2D eigenvalue weighted by Crippen LogP contribution is -2.20. The molecule has 1 aliphatic carbocycles. The first kappa shape index (κ1) is 21.4. The van der Waals surface area contributed by atoms with E-state index in [4.69, 9.17) is 0 Å². The average Bonchev–Trinajstić information content (AvgIpc) is 3.14. The molecule has 26 heavy (non-hydrogen) atoms. The molecule has 146 valence electrons. The first-order chi connectivity index (χ1) is 12.5. The predicted molar refractivity (Wildman–Crippen MR) is 109 cm³/mol. The summed E-state index contributed by atoms with van der Waals surface area (Å²) in [5.41, 5.74) is 0. The Morgan fingerprint density at radius 3 is 2.73 bits per heavy atom. The van der Waals surface area contributed by atoms with Crippen molar-refractivity contribution in [2.45, 2.75) is 77.1 Å². The lowest BCUT2D eigenvalue weighted by Gasteiger charge is -2.19. The number of unbranched alkanes of at least 4 members (excludes halogenated alkanes) is 2. The fourth-order valence-electron chi connectivity index (χ4n) is 3.66. The Morgan fingerprint density at radius 2 is 2.04 bits per heavy atom. The molecule has 0 aliphatic heterocycles. The third-order valence-electron chi connectivity index (χ3n) is 5.25. The van der Waals surface area contributed by atoms with Crippen LogP contribution >= 0.6 is 11.3 Å². The molecule has 1 aliphatic rings. The summed E-state index contributed by atoms with van der Waals surface area (Å²) < 4.78 is 0. The van der Waals surface area contributed by atoms with Crippen LogP contribution in [0.1, 0.15) is 55.2 Å². The number of aliphatic hydroxyl groups excluding tert-OH is 3. The first-order valence-corrected chi connectivity index (χ1v) is 10.8. The highest BCUT2D eigenvalue weighted by Gasteiger charge is 2.39. The number of hydrogen-bond acceptors (Lipinski definition) is 4. The molecule has 1 aromatic heterocycles. The van der Waals surface area contributed by atoms with Gasteiger partial charge in [-0.1, -0.05) is 44.1 Å². The second kappa shape index (κ2) is 11.0. The van der Waals surface area contributed by atoms with Crippen molar-refractivity contribution in [2.24, 2.45) is 11.8 Å². The van der Waals surface area contributed by atoms with Crippen LogP contribution in [0.4, 0.5) is 0 Å². The maximum Gasteiger partial charge on any atom is 0.0724 e. The van der Waals surface area contributed by atoms with Gasteiger partial charge < -0.3 is 15.3 Å². The topological polar surface area (TPSA) is 60.7 Å². The maximum absolute atomic E-state index is 10.3.